The van der Waals surface area contributed by atoms with Crippen molar-refractivity contribution in [1.29, 1.82) is 0 Å². The topological polar surface area (TPSA) is 15.3 Å². The molecule has 0 aromatic carbocycles. The van der Waals surface area contributed by atoms with Gasteiger partial charge in [-0.2, -0.15) is 0 Å². The highest BCUT2D eigenvalue weighted by Gasteiger charge is 2.39. The first-order valence-corrected chi connectivity index (χ1v) is 9.38. The highest BCUT2D eigenvalue weighted by atomic mass is 15.2. The van der Waals surface area contributed by atoms with E-state index >= 15 is 0 Å². The van der Waals surface area contributed by atoms with Gasteiger partial charge in [-0.05, 0) is 70.8 Å². The molecule has 1 aliphatic heterocycles. The Morgan fingerprint density at radius 1 is 1.00 bits per heavy atom. The minimum absolute atomic E-state index is 0.230. The minimum Gasteiger partial charge on any atom is -0.311 e. The minimum atomic E-state index is 0.230. The summed E-state index contributed by atoms with van der Waals surface area (Å²) in [6.07, 6.45) is 9.94. The van der Waals surface area contributed by atoms with Gasteiger partial charge >= 0.3 is 0 Å². The number of likely N-dealkylation sites (tertiary alicyclic amines) is 1. The van der Waals surface area contributed by atoms with Crippen LogP contribution >= 0.6 is 0 Å². The van der Waals surface area contributed by atoms with Crippen LogP contribution in [0.2, 0.25) is 0 Å². The lowest BCUT2D eigenvalue weighted by molar-refractivity contribution is 0.0951. The molecule has 2 unspecified atom stereocenters. The zero-order valence-corrected chi connectivity index (χ0v) is 15.2. The van der Waals surface area contributed by atoms with Crippen molar-refractivity contribution in [3.05, 3.63) is 0 Å². The second-order valence-electron chi connectivity index (χ2n) is 8.68. The third kappa shape index (κ3) is 4.45. The summed E-state index contributed by atoms with van der Waals surface area (Å²) >= 11 is 0. The number of nitrogens with one attached hydrogen (secondary N) is 1. The molecule has 2 fully saturated rings. The Morgan fingerprint density at radius 3 is 2.29 bits per heavy atom. The van der Waals surface area contributed by atoms with Crippen LogP contribution in [0.5, 0.6) is 0 Å². The van der Waals surface area contributed by atoms with Crippen LogP contribution in [0.1, 0.15) is 79.6 Å². The van der Waals surface area contributed by atoms with Crippen LogP contribution in [0.25, 0.3) is 0 Å². The molecule has 2 rings (SSSR count). The van der Waals surface area contributed by atoms with Gasteiger partial charge in [-0.1, -0.05) is 26.7 Å². The van der Waals surface area contributed by atoms with Gasteiger partial charge < -0.3 is 5.32 Å². The lowest BCUT2D eigenvalue weighted by atomic mass is 9.79. The van der Waals surface area contributed by atoms with E-state index in [0.29, 0.717) is 5.41 Å². The molecular weight excluding hydrogens is 256 g/mol. The molecule has 0 amide bonds. The zero-order valence-electron chi connectivity index (χ0n) is 15.2. The van der Waals surface area contributed by atoms with Gasteiger partial charge in [0.25, 0.3) is 0 Å². The maximum absolute atomic E-state index is 3.78. The molecule has 0 aromatic rings. The van der Waals surface area contributed by atoms with E-state index in [0.717, 1.165) is 18.5 Å². The molecule has 0 radical (unpaired) electrons. The summed E-state index contributed by atoms with van der Waals surface area (Å²) in [4.78, 5) is 2.86. The average molecular weight is 295 g/mol. The highest BCUT2D eigenvalue weighted by molar-refractivity contribution is 4.94. The Hall–Kier alpha value is -0.0800. The molecule has 1 heterocycles. The van der Waals surface area contributed by atoms with Crippen LogP contribution in [-0.2, 0) is 0 Å². The van der Waals surface area contributed by atoms with Crippen molar-refractivity contribution in [3.8, 4) is 0 Å². The Morgan fingerprint density at radius 2 is 1.67 bits per heavy atom. The third-order valence-corrected chi connectivity index (χ3v) is 6.16. The summed E-state index contributed by atoms with van der Waals surface area (Å²) < 4.78 is 0. The van der Waals surface area contributed by atoms with Gasteiger partial charge in [0, 0.05) is 24.7 Å². The molecule has 2 atom stereocenters. The van der Waals surface area contributed by atoms with Gasteiger partial charge in [0.2, 0.25) is 0 Å². The third-order valence-electron chi connectivity index (χ3n) is 6.16. The van der Waals surface area contributed by atoms with Gasteiger partial charge in [0.1, 0.15) is 0 Å². The van der Waals surface area contributed by atoms with Crippen LogP contribution in [0, 0.1) is 11.3 Å². The van der Waals surface area contributed by atoms with Crippen LogP contribution in [0.4, 0.5) is 0 Å². The molecule has 2 heteroatoms. The summed E-state index contributed by atoms with van der Waals surface area (Å²) in [7, 11) is 0. The molecule has 0 aromatic heterocycles. The van der Waals surface area contributed by atoms with Crippen molar-refractivity contribution in [2.45, 2.75) is 91.1 Å². The summed E-state index contributed by atoms with van der Waals surface area (Å²) in [6, 6.07) is 0.908. The number of hydrogen-bond acceptors (Lipinski definition) is 2. The Kier molecular flexibility index (Phi) is 5.76. The molecule has 1 N–H and O–H groups in total. The van der Waals surface area contributed by atoms with Crippen LogP contribution in [-0.4, -0.2) is 36.1 Å². The Balaban J connectivity index is 1.98. The highest BCUT2D eigenvalue weighted by Crippen LogP contribution is 2.39. The fourth-order valence-electron chi connectivity index (χ4n) is 4.36. The normalized spacial score (nSPS) is 27.9. The Labute approximate surface area is 133 Å². The summed E-state index contributed by atoms with van der Waals surface area (Å²) in [6.45, 7) is 15.5. The second kappa shape index (κ2) is 7.00. The Bertz CT molecular complexity index is 314. The van der Waals surface area contributed by atoms with Crippen LogP contribution in [0.15, 0.2) is 0 Å². The van der Waals surface area contributed by atoms with E-state index in [-0.39, 0.29) is 5.54 Å². The van der Waals surface area contributed by atoms with Crippen molar-refractivity contribution in [2.75, 3.05) is 19.6 Å². The first-order valence-electron chi connectivity index (χ1n) is 9.38. The van der Waals surface area contributed by atoms with Gasteiger partial charge in [-0.15, -0.1) is 0 Å². The van der Waals surface area contributed by atoms with Crippen molar-refractivity contribution in [1.82, 2.24) is 10.2 Å². The lowest BCUT2D eigenvalue weighted by Gasteiger charge is -2.41. The molecule has 21 heavy (non-hydrogen) atoms. The maximum atomic E-state index is 3.78. The van der Waals surface area contributed by atoms with Crippen LogP contribution < -0.4 is 5.32 Å². The maximum Gasteiger partial charge on any atom is 0.0124 e. The van der Waals surface area contributed by atoms with E-state index in [1.54, 1.807) is 0 Å². The SMILES string of the molecule is CCC(CC)(CNC(C)(C)C)CN1CCC2CCCCC21. The van der Waals surface area contributed by atoms with Crippen molar-refractivity contribution >= 4 is 0 Å². The fourth-order valence-corrected chi connectivity index (χ4v) is 4.36. The van der Waals surface area contributed by atoms with Gasteiger partial charge in [0.05, 0.1) is 0 Å². The second-order valence-corrected chi connectivity index (χ2v) is 8.68. The smallest absolute Gasteiger partial charge is 0.0124 e. The molecule has 1 saturated carbocycles. The van der Waals surface area contributed by atoms with Crippen molar-refractivity contribution < 1.29 is 0 Å². The van der Waals surface area contributed by atoms with E-state index in [1.807, 2.05) is 0 Å². The molecule has 0 spiro atoms. The number of hydrogen-bond donors (Lipinski definition) is 1. The quantitative estimate of drug-likeness (QED) is 0.779. The van der Waals surface area contributed by atoms with Gasteiger partial charge in [-0.25, -0.2) is 0 Å². The monoisotopic (exact) mass is 294 g/mol. The van der Waals surface area contributed by atoms with Gasteiger partial charge in [-0.3, -0.25) is 4.90 Å². The molecule has 2 nitrogen and oxygen atoms in total. The van der Waals surface area contributed by atoms with Crippen molar-refractivity contribution in [2.24, 2.45) is 11.3 Å². The predicted octanol–water partition coefficient (Wildman–Crippen LogP) is 4.45. The molecule has 1 saturated heterocycles. The summed E-state index contributed by atoms with van der Waals surface area (Å²) in [5, 5.41) is 3.78. The largest absolute Gasteiger partial charge is 0.311 e. The molecule has 0 bridgehead atoms. The number of nitrogens with zero attached hydrogens (tertiary/aromatic N) is 1. The molecule has 1 aliphatic carbocycles. The lowest BCUT2D eigenvalue weighted by Crippen LogP contribution is -2.50. The van der Waals surface area contributed by atoms with Gasteiger partial charge in [0.15, 0.2) is 0 Å². The molecular formula is C19H38N2. The average Bonchev–Trinajstić information content (AvgIpc) is 2.86. The zero-order chi connectivity index (χ0) is 15.5. The number of fused-ring (bicyclic) bond motifs is 1. The molecule has 2 aliphatic rings. The van der Waals surface area contributed by atoms with E-state index < -0.39 is 0 Å². The van der Waals surface area contributed by atoms with Crippen LogP contribution in [0.3, 0.4) is 0 Å². The summed E-state index contributed by atoms with van der Waals surface area (Å²) in [5.41, 5.74) is 0.688. The molecule has 124 valence electrons. The first kappa shape index (κ1) is 17.3. The standard InChI is InChI=1S/C19H38N2/c1-6-19(7-2,14-20-18(3,4)5)15-21-13-12-16-10-8-9-11-17(16)21/h16-17,20H,6-15H2,1-5H3. The van der Waals surface area contributed by atoms with E-state index in [4.69, 9.17) is 0 Å². The first-order chi connectivity index (χ1) is 9.89. The fraction of sp³-hybridized carbons (Fsp3) is 1.00. The van der Waals surface area contributed by atoms with E-state index in [1.165, 1.54) is 58.0 Å². The number of rotatable bonds is 6. The van der Waals surface area contributed by atoms with Crippen molar-refractivity contribution in [3.63, 3.8) is 0 Å². The predicted molar refractivity (Wildman–Crippen MR) is 92.7 cm³/mol. The summed E-state index contributed by atoms with van der Waals surface area (Å²) in [5.74, 6) is 1.01. The van der Waals surface area contributed by atoms with E-state index in [9.17, 15) is 0 Å². The van der Waals surface area contributed by atoms with E-state index in [2.05, 4.69) is 44.8 Å².